The summed E-state index contributed by atoms with van der Waals surface area (Å²) in [6.45, 7) is 2.66. The summed E-state index contributed by atoms with van der Waals surface area (Å²) in [6.07, 6.45) is 7.07. The smallest absolute Gasteiger partial charge is 0.289 e. The number of hydrogen-bond acceptors (Lipinski definition) is 3. The van der Waals surface area contributed by atoms with Crippen molar-refractivity contribution in [3.63, 3.8) is 0 Å². The van der Waals surface area contributed by atoms with E-state index in [1.807, 2.05) is 6.92 Å². The van der Waals surface area contributed by atoms with E-state index in [0.29, 0.717) is 5.92 Å². The van der Waals surface area contributed by atoms with E-state index in [0.717, 1.165) is 12.1 Å². The van der Waals surface area contributed by atoms with Gasteiger partial charge in [0.25, 0.3) is 5.91 Å². The topological polar surface area (TPSA) is 54.9 Å². The van der Waals surface area contributed by atoms with Gasteiger partial charge in [-0.1, -0.05) is 6.42 Å². The van der Waals surface area contributed by atoms with Crippen molar-refractivity contribution in [1.82, 2.24) is 15.3 Å². The minimum atomic E-state index is -0.165. The van der Waals surface area contributed by atoms with Crippen LogP contribution in [0.15, 0.2) is 12.4 Å². The lowest BCUT2D eigenvalue weighted by Gasteiger charge is -2.25. The van der Waals surface area contributed by atoms with Gasteiger partial charge in [0.2, 0.25) is 5.82 Å². The van der Waals surface area contributed by atoms with E-state index >= 15 is 0 Å². The number of rotatable bonds is 3. The van der Waals surface area contributed by atoms with Gasteiger partial charge in [-0.15, -0.1) is 0 Å². The van der Waals surface area contributed by atoms with Gasteiger partial charge < -0.3 is 5.32 Å². The number of amides is 1. The van der Waals surface area contributed by atoms with Gasteiger partial charge in [0, 0.05) is 18.9 Å². The molecule has 1 aliphatic rings. The molecule has 1 fully saturated rings. The highest BCUT2D eigenvalue weighted by molar-refractivity contribution is 5.90. The van der Waals surface area contributed by atoms with E-state index in [1.54, 1.807) is 12.4 Å². The molecule has 4 heteroatoms. The van der Waals surface area contributed by atoms with Gasteiger partial charge in [-0.05, 0) is 31.2 Å². The summed E-state index contributed by atoms with van der Waals surface area (Å²) < 4.78 is 0. The fraction of sp³-hybridized carbons (Fsp3) is 0.545. The standard InChI is InChI=1S/C11H15N3O/c1-8-5-12-10(13-6-8)11(15)14-7-9-3-2-4-9/h5-6,9H,2-4,7H2,1H3,(H,14,15). The summed E-state index contributed by atoms with van der Waals surface area (Å²) in [5.74, 6) is 0.765. The first-order valence-electron chi connectivity index (χ1n) is 5.32. The van der Waals surface area contributed by atoms with E-state index in [4.69, 9.17) is 0 Å². The molecule has 0 atom stereocenters. The van der Waals surface area contributed by atoms with Crippen molar-refractivity contribution in [3.05, 3.63) is 23.8 Å². The molecular weight excluding hydrogens is 190 g/mol. The molecule has 4 nitrogen and oxygen atoms in total. The molecule has 2 rings (SSSR count). The average Bonchev–Trinajstić information content (AvgIpc) is 2.16. The van der Waals surface area contributed by atoms with Crippen LogP contribution in [0.25, 0.3) is 0 Å². The van der Waals surface area contributed by atoms with Gasteiger partial charge in [0.05, 0.1) is 0 Å². The molecule has 1 saturated carbocycles. The number of nitrogens with one attached hydrogen (secondary N) is 1. The zero-order chi connectivity index (χ0) is 10.7. The molecule has 0 saturated heterocycles. The summed E-state index contributed by atoms with van der Waals surface area (Å²) in [7, 11) is 0. The van der Waals surface area contributed by atoms with Gasteiger partial charge in [-0.2, -0.15) is 0 Å². The predicted octanol–water partition coefficient (Wildman–Crippen LogP) is 1.31. The van der Waals surface area contributed by atoms with Crippen molar-refractivity contribution in [2.24, 2.45) is 5.92 Å². The van der Waals surface area contributed by atoms with Crippen molar-refractivity contribution < 1.29 is 4.79 Å². The van der Waals surface area contributed by atoms with Crippen LogP contribution in [-0.2, 0) is 0 Å². The second kappa shape index (κ2) is 4.38. The van der Waals surface area contributed by atoms with Crippen LogP contribution in [0.2, 0.25) is 0 Å². The molecule has 1 N–H and O–H groups in total. The van der Waals surface area contributed by atoms with Crippen molar-refractivity contribution in [1.29, 1.82) is 0 Å². The van der Waals surface area contributed by atoms with Crippen molar-refractivity contribution in [3.8, 4) is 0 Å². The molecule has 0 radical (unpaired) electrons. The third kappa shape index (κ3) is 2.52. The Labute approximate surface area is 89.1 Å². The summed E-state index contributed by atoms with van der Waals surface area (Å²) in [6, 6.07) is 0. The Morgan fingerprint density at radius 3 is 2.67 bits per heavy atom. The molecule has 0 unspecified atom stereocenters. The second-order valence-electron chi connectivity index (χ2n) is 4.09. The van der Waals surface area contributed by atoms with Crippen LogP contribution in [0.4, 0.5) is 0 Å². The quantitative estimate of drug-likeness (QED) is 0.809. The fourth-order valence-electron chi connectivity index (χ4n) is 1.52. The lowest BCUT2D eigenvalue weighted by Crippen LogP contribution is -2.33. The molecule has 0 spiro atoms. The Morgan fingerprint density at radius 1 is 1.47 bits per heavy atom. The Hall–Kier alpha value is -1.45. The molecule has 0 bridgehead atoms. The first-order valence-corrected chi connectivity index (χ1v) is 5.32. The Balaban J connectivity index is 1.86. The van der Waals surface area contributed by atoms with Crippen LogP contribution in [0.3, 0.4) is 0 Å². The number of nitrogens with zero attached hydrogens (tertiary/aromatic N) is 2. The number of carbonyl (C=O) groups excluding carboxylic acids is 1. The molecule has 1 aromatic heterocycles. The van der Waals surface area contributed by atoms with Crippen LogP contribution >= 0.6 is 0 Å². The minimum absolute atomic E-state index is 0.165. The maximum Gasteiger partial charge on any atom is 0.289 e. The summed E-state index contributed by atoms with van der Waals surface area (Å²) in [5, 5.41) is 2.86. The minimum Gasteiger partial charge on any atom is -0.349 e. The highest BCUT2D eigenvalue weighted by Gasteiger charge is 2.18. The van der Waals surface area contributed by atoms with Gasteiger partial charge in [-0.25, -0.2) is 9.97 Å². The SMILES string of the molecule is Cc1cnc(C(=O)NCC2CCC2)nc1. The van der Waals surface area contributed by atoms with Gasteiger partial charge in [0.15, 0.2) is 0 Å². The third-order valence-electron chi connectivity index (χ3n) is 2.76. The van der Waals surface area contributed by atoms with E-state index in [9.17, 15) is 4.79 Å². The Kier molecular flexibility index (Phi) is 2.94. The molecule has 1 heterocycles. The average molecular weight is 205 g/mol. The molecule has 1 amide bonds. The highest BCUT2D eigenvalue weighted by Crippen LogP contribution is 2.25. The normalized spacial score (nSPS) is 15.8. The van der Waals surface area contributed by atoms with Crippen LogP contribution < -0.4 is 5.32 Å². The molecule has 0 aliphatic heterocycles. The molecule has 1 aromatic rings. The first kappa shape index (κ1) is 10.1. The zero-order valence-corrected chi connectivity index (χ0v) is 8.86. The number of aryl methyl sites for hydroxylation is 1. The largest absolute Gasteiger partial charge is 0.349 e. The van der Waals surface area contributed by atoms with Crippen molar-refractivity contribution in [2.75, 3.05) is 6.54 Å². The highest BCUT2D eigenvalue weighted by atomic mass is 16.2. The maximum absolute atomic E-state index is 11.6. The molecule has 1 aliphatic carbocycles. The third-order valence-corrected chi connectivity index (χ3v) is 2.76. The maximum atomic E-state index is 11.6. The van der Waals surface area contributed by atoms with E-state index in [1.165, 1.54) is 19.3 Å². The lowest BCUT2D eigenvalue weighted by molar-refractivity contribution is 0.0928. The monoisotopic (exact) mass is 205 g/mol. The Morgan fingerprint density at radius 2 is 2.13 bits per heavy atom. The lowest BCUT2D eigenvalue weighted by atomic mass is 9.85. The number of carbonyl (C=O) groups is 1. The first-order chi connectivity index (χ1) is 7.25. The van der Waals surface area contributed by atoms with E-state index < -0.39 is 0 Å². The number of hydrogen-bond donors (Lipinski definition) is 1. The number of aromatic nitrogens is 2. The van der Waals surface area contributed by atoms with Gasteiger partial charge >= 0.3 is 0 Å². The van der Waals surface area contributed by atoms with E-state index in [-0.39, 0.29) is 11.7 Å². The van der Waals surface area contributed by atoms with Crippen molar-refractivity contribution in [2.45, 2.75) is 26.2 Å². The summed E-state index contributed by atoms with van der Waals surface area (Å²) >= 11 is 0. The van der Waals surface area contributed by atoms with Crippen molar-refractivity contribution >= 4 is 5.91 Å². The molecular formula is C11H15N3O. The van der Waals surface area contributed by atoms with Crippen LogP contribution in [0.5, 0.6) is 0 Å². The van der Waals surface area contributed by atoms with E-state index in [2.05, 4.69) is 15.3 Å². The zero-order valence-electron chi connectivity index (χ0n) is 8.86. The summed E-state index contributed by atoms with van der Waals surface area (Å²) in [4.78, 5) is 19.5. The fourth-order valence-corrected chi connectivity index (χ4v) is 1.52. The molecule has 80 valence electrons. The van der Waals surface area contributed by atoms with Gasteiger partial charge in [-0.3, -0.25) is 4.79 Å². The molecule has 0 aromatic carbocycles. The Bertz CT molecular complexity index is 343. The molecule has 15 heavy (non-hydrogen) atoms. The second-order valence-corrected chi connectivity index (χ2v) is 4.09. The van der Waals surface area contributed by atoms with Gasteiger partial charge in [0.1, 0.15) is 0 Å². The van der Waals surface area contributed by atoms with Crippen LogP contribution in [-0.4, -0.2) is 22.4 Å². The van der Waals surface area contributed by atoms with Crippen LogP contribution in [0, 0.1) is 12.8 Å². The van der Waals surface area contributed by atoms with Crippen LogP contribution in [0.1, 0.15) is 35.4 Å². The summed E-state index contributed by atoms with van der Waals surface area (Å²) in [5.41, 5.74) is 0.963. The predicted molar refractivity (Wildman–Crippen MR) is 56.4 cm³/mol.